The molecule has 1 aromatic heterocycles. The Bertz CT molecular complexity index is 472. The Balaban J connectivity index is 0.000000123. The molecule has 0 saturated carbocycles. The van der Waals surface area contributed by atoms with Crippen molar-refractivity contribution in [2.24, 2.45) is 0 Å². The van der Waals surface area contributed by atoms with E-state index in [0.29, 0.717) is 0 Å². The molecule has 106 valence electrons. The topological polar surface area (TPSA) is 28.2 Å². The van der Waals surface area contributed by atoms with Gasteiger partial charge in [0, 0.05) is 36.3 Å². The van der Waals surface area contributed by atoms with Crippen molar-refractivity contribution in [1.82, 2.24) is 15.2 Å². The highest BCUT2D eigenvalue weighted by atomic mass is 32.1. The summed E-state index contributed by atoms with van der Waals surface area (Å²) in [6.07, 6.45) is 4.58. The molecule has 20 heavy (non-hydrogen) atoms. The molecule has 0 amide bonds. The molecule has 4 heterocycles. The Kier molecular flexibility index (Phi) is 4.79. The first-order valence-electron chi connectivity index (χ1n) is 7.32. The number of fused-ring (bicyclic) bond motifs is 4. The predicted octanol–water partition coefficient (Wildman–Crippen LogP) is 2.86. The number of piperidine rings is 1. The Morgan fingerprint density at radius 2 is 1.90 bits per heavy atom. The maximum atomic E-state index is 4.20. The van der Waals surface area contributed by atoms with E-state index < -0.39 is 0 Å². The van der Waals surface area contributed by atoms with Crippen molar-refractivity contribution in [2.45, 2.75) is 18.9 Å². The van der Waals surface area contributed by atoms with E-state index in [1.54, 1.807) is 11.3 Å². The third kappa shape index (κ3) is 3.66. The smallest absolute Gasteiger partial charge is 0.123 e. The molecule has 1 N–H and O–H groups in total. The number of aromatic nitrogens is 1. The fraction of sp³-hybridized carbons (Fsp3) is 0.438. The van der Waals surface area contributed by atoms with Crippen molar-refractivity contribution in [3.8, 4) is 10.6 Å². The summed E-state index contributed by atoms with van der Waals surface area (Å²) in [5, 5.41) is 6.61. The molecule has 4 heteroatoms. The lowest BCUT2D eigenvalue weighted by atomic mass is 10.1. The Labute approximate surface area is 124 Å². The van der Waals surface area contributed by atoms with Gasteiger partial charge in [0.2, 0.25) is 0 Å². The van der Waals surface area contributed by atoms with E-state index in [2.05, 4.69) is 27.3 Å². The lowest BCUT2D eigenvalue weighted by Crippen LogP contribution is -2.34. The molecular formula is C16H21N3S. The van der Waals surface area contributed by atoms with Crippen molar-refractivity contribution in [2.75, 3.05) is 26.2 Å². The third-order valence-corrected chi connectivity index (χ3v) is 4.72. The quantitative estimate of drug-likeness (QED) is 0.874. The van der Waals surface area contributed by atoms with Crippen molar-refractivity contribution in [3.63, 3.8) is 0 Å². The minimum Gasteiger partial charge on any atom is -0.313 e. The number of nitrogens with one attached hydrogen (secondary N) is 1. The molecule has 0 unspecified atom stereocenters. The number of thiazole rings is 1. The molecule has 5 rings (SSSR count). The van der Waals surface area contributed by atoms with Gasteiger partial charge >= 0.3 is 0 Å². The summed E-state index contributed by atoms with van der Waals surface area (Å²) in [5.74, 6) is 0. The van der Waals surface area contributed by atoms with E-state index in [1.165, 1.54) is 44.6 Å². The van der Waals surface area contributed by atoms with E-state index in [-0.39, 0.29) is 0 Å². The lowest BCUT2D eigenvalue weighted by Gasteiger charge is -2.25. The summed E-state index contributed by atoms with van der Waals surface area (Å²) >= 11 is 1.66. The van der Waals surface area contributed by atoms with Crippen LogP contribution in [0.2, 0.25) is 0 Å². The highest BCUT2D eigenvalue weighted by Gasteiger charge is 2.21. The monoisotopic (exact) mass is 287 g/mol. The number of rotatable bonds is 1. The van der Waals surface area contributed by atoms with Gasteiger partial charge in [0.05, 0.1) is 0 Å². The van der Waals surface area contributed by atoms with Crippen LogP contribution in [0.3, 0.4) is 0 Å². The van der Waals surface area contributed by atoms with Crippen LogP contribution in [0.5, 0.6) is 0 Å². The van der Waals surface area contributed by atoms with Crippen molar-refractivity contribution in [3.05, 3.63) is 41.9 Å². The molecule has 0 spiro atoms. The van der Waals surface area contributed by atoms with E-state index in [0.717, 1.165) is 11.0 Å². The summed E-state index contributed by atoms with van der Waals surface area (Å²) in [7, 11) is 0. The molecule has 2 aromatic rings. The van der Waals surface area contributed by atoms with Crippen LogP contribution in [-0.4, -0.2) is 42.1 Å². The maximum Gasteiger partial charge on any atom is 0.123 e. The normalized spacial score (nSPS) is 24.6. The second-order valence-corrected chi connectivity index (χ2v) is 6.17. The zero-order valence-electron chi connectivity index (χ0n) is 11.7. The molecule has 0 aliphatic carbocycles. The minimum absolute atomic E-state index is 0.851. The molecule has 1 aromatic carbocycles. The summed E-state index contributed by atoms with van der Waals surface area (Å²) in [4.78, 5) is 6.76. The maximum absolute atomic E-state index is 4.20. The summed E-state index contributed by atoms with van der Waals surface area (Å²) in [6, 6.07) is 11.0. The van der Waals surface area contributed by atoms with Crippen LogP contribution in [0.1, 0.15) is 12.8 Å². The molecule has 0 radical (unpaired) electrons. The van der Waals surface area contributed by atoms with Crippen molar-refractivity contribution >= 4 is 11.3 Å². The average molecular weight is 287 g/mol. The highest BCUT2D eigenvalue weighted by Crippen LogP contribution is 2.20. The van der Waals surface area contributed by atoms with Gasteiger partial charge in [-0.2, -0.15) is 0 Å². The van der Waals surface area contributed by atoms with E-state index >= 15 is 0 Å². The number of hydrogen-bond acceptors (Lipinski definition) is 4. The van der Waals surface area contributed by atoms with Crippen LogP contribution >= 0.6 is 11.3 Å². The van der Waals surface area contributed by atoms with Gasteiger partial charge in [0.1, 0.15) is 5.01 Å². The third-order valence-electron chi connectivity index (χ3n) is 3.90. The van der Waals surface area contributed by atoms with Crippen molar-refractivity contribution < 1.29 is 0 Å². The van der Waals surface area contributed by atoms with Crippen LogP contribution in [0.15, 0.2) is 41.9 Å². The molecular weight excluding hydrogens is 266 g/mol. The van der Waals surface area contributed by atoms with Gasteiger partial charge in [0.15, 0.2) is 0 Å². The van der Waals surface area contributed by atoms with E-state index in [9.17, 15) is 0 Å². The number of nitrogens with zero attached hydrogens (tertiary/aromatic N) is 2. The van der Waals surface area contributed by atoms with Gasteiger partial charge in [0.25, 0.3) is 0 Å². The second kappa shape index (κ2) is 6.97. The molecule has 0 atom stereocenters. The minimum atomic E-state index is 0.851. The van der Waals surface area contributed by atoms with Gasteiger partial charge in [-0.25, -0.2) is 4.98 Å². The number of benzene rings is 1. The van der Waals surface area contributed by atoms with Crippen LogP contribution in [0.4, 0.5) is 0 Å². The van der Waals surface area contributed by atoms with E-state index in [1.807, 2.05) is 29.8 Å². The second-order valence-electron chi connectivity index (χ2n) is 5.27. The number of hydrogen-bond donors (Lipinski definition) is 1. The lowest BCUT2D eigenvalue weighted by molar-refractivity contribution is 0.247. The van der Waals surface area contributed by atoms with Gasteiger partial charge < -0.3 is 10.2 Å². The fourth-order valence-corrected chi connectivity index (χ4v) is 3.38. The fourth-order valence-electron chi connectivity index (χ4n) is 2.73. The Morgan fingerprint density at radius 3 is 2.60 bits per heavy atom. The SMILES string of the molecule is C1CN2CCC(CC2)N1.c1ccc(-c2nccs2)cc1. The first-order chi connectivity index (χ1) is 9.92. The summed E-state index contributed by atoms with van der Waals surface area (Å²) < 4.78 is 0. The molecule has 2 bridgehead atoms. The van der Waals surface area contributed by atoms with Crippen LogP contribution in [-0.2, 0) is 0 Å². The summed E-state index contributed by atoms with van der Waals surface area (Å²) in [6.45, 7) is 5.15. The van der Waals surface area contributed by atoms with Gasteiger partial charge in [-0.3, -0.25) is 0 Å². The predicted molar refractivity (Wildman–Crippen MR) is 85.0 cm³/mol. The largest absolute Gasteiger partial charge is 0.313 e. The van der Waals surface area contributed by atoms with Gasteiger partial charge in [-0.1, -0.05) is 30.3 Å². The Hall–Kier alpha value is -1.23. The molecule has 3 aliphatic heterocycles. The Morgan fingerprint density at radius 1 is 1.10 bits per heavy atom. The van der Waals surface area contributed by atoms with E-state index in [4.69, 9.17) is 0 Å². The first kappa shape index (κ1) is 13.7. The molecule has 3 fully saturated rings. The van der Waals surface area contributed by atoms with Crippen LogP contribution in [0.25, 0.3) is 10.6 Å². The van der Waals surface area contributed by atoms with Gasteiger partial charge in [-0.05, 0) is 25.9 Å². The first-order valence-corrected chi connectivity index (χ1v) is 8.20. The molecule has 3 saturated heterocycles. The highest BCUT2D eigenvalue weighted by molar-refractivity contribution is 7.13. The van der Waals surface area contributed by atoms with Crippen molar-refractivity contribution in [1.29, 1.82) is 0 Å². The van der Waals surface area contributed by atoms with Crippen LogP contribution < -0.4 is 5.32 Å². The zero-order valence-corrected chi connectivity index (χ0v) is 12.5. The zero-order chi connectivity index (χ0) is 13.6. The van der Waals surface area contributed by atoms with Gasteiger partial charge in [-0.15, -0.1) is 11.3 Å². The standard InChI is InChI=1S/C9H7NS.C7H14N2/c1-2-4-8(5-3-1)9-10-6-7-11-9;1-4-9-5-2-7(1)8-3-6-9/h1-7H;7-8H,1-6H2. The summed E-state index contributed by atoms with van der Waals surface area (Å²) in [5.41, 5.74) is 1.20. The molecule has 3 aliphatic rings. The molecule has 3 nitrogen and oxygen atoms in total. The van der Waals surface area contributed by atoms with Crippen LogP contribution in [0, 0.1) is 0 Å². The average Bonchev–Trinajstić information content (AvgIpc) is 2.86.